The molecule has 122 valence electrons. The second-order valence-electron chi connectivity index (χ2n) is 6.14. The van der Waals surface area contributed by atoms with Crippen molar-refractivity contribution in [2.75, 3.05) is 25.9 Å². The Morgan fingerprint density at radius 2 is 2.23 bits per heavy atom. The fourth-order valence-electron chi connectivity index (χ4n) is 3.43. The van der Waals surface area contributed by atoms with Crippen molar-refractivity contribution in [2.24, 2.45) is 4.99 Å². The number of aromatic nitrogens is 2. The van der Waals surface area contributed by atoms with E-state index in [9.17, 15) is 0 Å². The Morgan fingerprint density at radius 1 is 1.41 bits per heavy atom. The van der Waals surface area contributed by atoms with Crippen LogP contribution in [0.1, 0.15) is 43.8 Å². The molecule has 0 atom stereocenters. The van der Waals surface area contributed by atoms with Crippen molar-refractivity contribution in [2.45, 2.75) is 50.3 Å². The lowest BCUT2D eigenvalue weighted by atomic mass is 9.87. The monoisotopic (exact) mass is 323 g/mol. The van der Waals surface area contributed by atoms with Crippen LogP contribution in [0.15, 0.2) is 9.52 Å². The van der Waals surface area contributed by atoms with E-state index in [0.29, 0.717) is 23.0 Å². The molecule has 0 bridgehead atoms. The molecular formula is C15H25N5OS. The second-order valence-corrected chi connectivity index (χ2v) is 7.71. The van der Waals surface area contributed by atoms with Gasteiger partial charge in [0, 0.05) is 37.6 Å². The van der Waals surface area contributed by atoms with Gasteiger partial charge in [-0.2, -0.15) is 16.7 Å². The van der Waals surface area contributed by atoms with Crippen LogP contribution in [0.2, 0.25) is 0 Å². The lowest BCUT2D eigenvalue weighted by Gasteiger charge is -2.45. The van der Waals surface area contributed by atoms with Crippen molar-refractivity contribution in [1.82, 2.24) is 20.4 Å². The lowest BCUT2D eigenvalue weighted by molar-refractivity contribution is 0.293. The normalized spacial score (nSPS) is 22.1. The van der Waals surface area contributed by atoms with E-state index in [1.165, 1.54) is 37.9 Å². The van der Waals surface area contributed by atoms with Gasteiger partial charge in [0.2, 0.25) is 5.89 Å². The summed E-state index contributed by atoms with van der Waals surface area (Å²) < 4.78 is 5.45. The van der Waals surface area contributed by atoms with E-state index in [2.05, 4.69) is 37.1 Å². The first-order valence-corrected chi connectivity index (χ1v) is 9.08. The second kappa shape index (κ2) is 6.89. The molecule has 1 aliphatic carbocycles. The van der Waals surface area contributed by atoms with Crippen molar-refractivity contribution in [3.63, 3.8) is 0 Å². The molecule has 1 saturated carbocycles. The van der Waals surface area contributed by atoms with Gasteiger partial charge < -0.3 is 14.7 Å². The molecule has 7 heteroatoms. The van der Waals surface area contributed by atoms with Crippen LogP contribution < -0.4 is 5.32 Å². The molecule has 22 heavy (non-hydrogen) atoms. The molecule has 3 rings (SSSR count). The molecule has 0 unspecified atom stereocenters. The Kier molecular flexibility index (Phi) is 4.90. The number of hydrogen-bond donors (Lipinski definition) is 1. The Labute approximate surface area is 136 Å². The molecule has 0 amide bonds. The number of aryl methyl sites for hydroxylation is 1. The topological polar surface area (TPSA) is 66.5 Å². The third kappa shape index (κ3) is 3.56. The Balaban J connectivity index is 1.60. The minimum absolute atomic E-state index is 0.441. The maximum absolute atomic E-state index is 5.01. The molecule has 2 fully saturated rings. The van der Waals surface area contributed by atoms with Crippen molar-refractivity contribution in [3.8, 4) is 0 Å². The zero-order valence-corrected chi connectivity index (χ0v) is 14.3. The predicted molar refractivity (Wildman–Crippen MR) is 89.1 cm³/mol. The van der Waals surface area contributed by atoms with Crippen LogP contribution in [0, 0.1) is 6.92 Å². The summed E-state index contributed by atoms with van der Waals surface area (Å²) in [5.74, 6) is 3.41. The van der Waals surface area contributed by atoms with E-state index in [4.69, 9.17) is 4.52 Å². The summed E-state index contributed by atoms with van der Waals surface area (Å²) in [5, 5.41) is 7.30. The molecule has 1 aromatic heterocycles. The van der Waals surface area contributed by atoms with Crippen molar-refractivity contribution in [1.29, 1.82) is 0 Å². The number of thioether (sulfide) groups is 1. The minimum atomic E-state index is 0.441. The van der Waals surface area contributed by atoms with Crippen molar-refractivity contribution < 1.29 is 4.52 Å². The number of rotatable bonds is 2. The van der Waals surface area contributed by atoms with Crippen molar-refractivity contribution >= 4 is 17.7 Å². The summed E-state index contributed by atoms with van der Waals surface area (Å²) in [6.45, 7) is 4.51. The van der Waals surface area contributed by atoms with Gasteiger partial charge in [0.05, 0.1) is 6.54 Å². The molecular weight excluding hydrogens is 298 g/mol. The molecule has 2 heterocycles. The smallest absolute Gasteiger partial charge is 0.223 e. The summed E-state index contributed by atoms with van der Waals surface area (Å²) in [7, 11) is 1.85. The van der Waals surface area contributed by atoms with E-state index in [1.807, 2.05) is 7.05 Å². The van der Waals surface area contributed by atoms with Crippen LogP contribution in [0.25, 0.3) is 0 Å². The van der Waals surface area contributed by atoms with E-state index in [1.54, 1.807) is 6.92 Å². The molecule has 2 aliphatic rings. The summed E-state index contributed by atoms with van der Waals surface area (Å²) in [6, 6.07) is 0. The van der Waals surface area contributed by atoms with Crippen LogP contribution >= 0.6 is 11.8 Å². The highest BCUT2D eigenvalue weighted by Gasteiger charge is 2.38. The Hall–Kier alpha value is -1.24. The first-order valence-electron chi connectivity index (χ1n) is 8.09. The van der Waals surface area contributed by atoms with Crippen LogP contribution in [0.4, 0.5) is 0 Å². The molecule has 1 aliphatic heterocycles. The average molecular weight is 323 g/mol. The standard InChI is InChI=1S/C15H25N5OS/c1-12-18-13(19-21-12)10-17-14(16-2)20-8-9-22-15(11-20)6-4-3-5-7-15/h3-11H2,1-2H3,(H,16,17). The van der Waals surface area contributed by atoms with E-state index in [-0.39, 0.29) is 0 Å². The highest BCUT2D eigenvalue weighted by molar-refractivity contribution is 8.00. The van der Waals surface area contributed by atoms with Crippen LogP contribution in [0.5, 0.6) is 0 Å². The average Bonchev–Trinajstić information content (AvgIpc) is 2.94. The van der Waals surface area contributed by atoms with Crippen LogP contribution in [0.3, 0.4) is 0 Å². The minimum Gasteiger partial charge on any atom is -0.349 e. The predicted octanol–water partition coefficient (Wildman–Crippen LogP) is 2.21. The van der Waals surface area contributed by atoms with Gasteiger partial charge in [0.1, 0.15) is 0 Å². The van der Waals surface area contributed by atoms with Gasteiger partial charge in [-0.05, 0) is 12.8 Å². The first-order chi connectivity index (χ1) is 10.7. The maximum Gasteiger partial charge on any atom is 0.223 e. The fraction of sp³-hybridized carbons (Fsp3) is 0.800. The Morgan fingerprint density at radius 3 is 2.91 bits per heavy atom. The summed E-state index contributed by atoms with van der Waals surface area (Å²) in [4.78, 5) is 11.1. The summed E-state index contributed by atoms with van der Waals surface area (Å²) in [6.07, 6.45) is 6.82. The quantitative estimate of drug-likeness (QED) is 0.665. The number of nitrogens with one attached hydrogen (secondary N) is 1. The van der Waals surface area contributed by atoms with Crippen LogP contribution in [-0.4, -0.2) is 51.6 Å². The molecule has 0 radical (unpaired) electrons. The molecule has 1 aromatic rings. The highest BCUT2D eigenvalue weighted by Crippen LogP contribution is 2.42. The number of guanidine groups is 1. The van der Waals surface area contributed by atoms with Gasteiger partial charge in [-0.1, -0.05) is 24.4 Å². The Bertz CT molecular complexity index is 518. The molecule has 0 aromatic carbocycles. The van der Waals surface area contributed by atoms with E-state index >= 15 is 0 Å². The fourth-order valence-corrected chi connectivity index (χ4v) is 5.00. The van der Waals surface area contributed by atoms with Crippen molar-refractivity contribution in [3.05, 3.63) is 11.7 Å². The zero-order valence-electron chi connectivity index (χ0n) is 13.5. The van der Waals surface area contributed by atoms with Gasteiger partial charge in [0.15, 0.2) is 11.8 Å². The van der Waals surface area contributed by atoms with E-state index < -0.39 is 0 Å². The van der Waals surface area contributed by atoms with Gasteiger partial charge in [0.25, 0.3) is 0 Å². The maximum atomic E-state index is 5.01. The number of hydrogen-bond acceptors (Lipinski definition) is 5. The van der Waals surface area contributed by atoms with E-state index in [0.717, 1.165) is 19.0 Å². The molecule has 1 N–H and O–H groups in total. The third-order valence-corrected chi connectivity index (χ3v) is 6.04. The number of nitrogens with zero attached hydrogens (tertiary/aromatic N) is 4. The van der Waals surface area contributed by atoms with Gasteiger partial charge in [-0.15, -0.1) is 0 Å². The summed E-state index contributed by atoms with van der Waals surface area (Å²) >= 11 is 2.17. The van der Waals surface area contributed by atoms with Gasteiger partial charge in [-0.25, -0.2) is 0 Å². The van der Waals surface area contributed by atoms with Crippen LogP contribution in [-0.2, 0) is 6.54 Å². The largest absolute Gasteiger partial charge is 0.349 e. The molecule has 1 spiro atoms. The number of aliphatic imine (C=N–C) groups is 1. The SMILES string of the molecule is CN=C(NCc1noc(C)n1)N1CCSC2(CCCCC2)C1. The first kappa shape index (κ1) is 15.6. The highest BCUT2D eigenvalue weighted by atomic mass is 32.2. The third-order valence-electron chi connectivity index (χ3n) is 4.50. The molecule has 6 nitrogen and oxygen atoms in total. The zero-order chi connectivity index (χ0) is 15.4. The molecule has 1 saturated heterocycles. The van der Waals surface area contributed by atoms with Gasteiger partial charge >= 0.3 is 0 Å². The summed E-state index contributed by atoms with van der Waals surface area (Å²) in [5.41, 5.74) is 0. The lowest BCUT2D eigenvalue weighted by Crippen LogP contribution is -2.53. The van der Waals surface area contributed by atoms with Gasteiger partial charge in [-0.3, -0.25) is 4.99 Å².